The van der Waals surface area contributed by atoms with E-state index in [0.29, 0.717) is 26.6 Å². The second-order valence-corrected chi connectivity index (χ2v) is 6.99. The molecule has 0 fully saturated rings. The van der Waals surface area contributed by atoms with Gasteiger partial charge in [-0.3, -0.25) is 9.89 Å². The van der Waals surface area contributed by atoms with Gasteiger partial charge in [-0.1, -0.05) is 41.0 Å². The second kappa shape index (κ2) is 6.83. The van der Waals surface area contributed by atoms with Crippen LogP contribution in [0.5, 0.6) is 0 Å². The number of benzene rings is 1. The molecule has 2 heterocycles. The molecule has 4 nitrogen and oxygen atoms in total. The monoisotopic (exact) mass is 369 g/mol. The second-order valence-electron chi connectivity index (χ2n) is 4.28. The Hall–Kier alpha value is -1.34. The SMILES string of the molecule is O=C(CSc1n[nH]c(-c2cccs2)n1)c1ccc(Cl)c(Cl)c1. The van der Waals surface area contributed by atoms with Gasteiger partial charge in [-0.25, -0.2) is 4.98 Å². The zero-order chi connectivity index (χ0) is 15.5. The van der Waals surface area contributed by atoms with Crippen molar-refractivity contribution in [3.63, 3.8) is 0 Å². The van der Waals surface area contributed by atoms with Crippen LogP contribution in [0.3, 0.4) is 0 Å². The van der Waals surface area contributed by atoms with E-state index in [0.717, 1.165) is 4.88 Å². The average Bonchev–Trinajstić information content (AvgIpc) is 3.18. The van der Waals surface area contributed by atoms with Gasteiger partial charge in [0.25, 0.3) is 0 Å². The molecule has 0 aliphatic heterocycles. The Kier molecular flexibility index (Phi) is 4.83. The summed E-state index contributed by atoms with van der Waals surface area (Å²) in [6, 6.07) is 8.75. The van der Waals surface area contributed by atoms with E-state index in [-0.39, 0.29) is 11.5 Å². The smallest absolute Gasteiger partial charge is 0.209 e. The molecule has 0 aliphatic rings. The van der Waals surface area contributed by atoms with E-state index in [2.05, 4.69) is 15.2 Å². The van der Waals surface area contributed by atoms with Crippen LogP contribution in [0.2, 0.25) is 10.0 Å². The molecule has 1 aromatic carbocycles. The first-order valence-corrected chi connectivity index (χ1v) is 8.83. The maximum absolute atomic E-state index is 12.1. The quantitative estimate of drug-likeness (QED) is 0.517. The molecule has 3 aromatic rings. The van der Waals surface area contributed by atoms with E-state index in [4.69, 9.17) is 23.2 Å². The normalized spacial score (nSPS) is 10.8. The van der Waals surface area contributed by atoms with Crippen LogP contribution in [-0.4, -0.2) is 26.7 Å². The van der Waals surface area contributed by atoms with Gasteiger partial charge in [-0.05, 0) is 29.6 Å². The van der Waals surface area contributed by atoms with Crippen molar-refractivity contribution in [1.82, 2.24) is 15.2 Å². The standard InChI is InChI=1S/C14H9Cl2N3OS2/c15-9-4-3-8(6-10(9)16)11(20)7-22-14-17-13(18-19-14)12-2-1-5-21-12/h1-6H,7H2,(H,17,18,19). The molecule has 2 aromatic heterocycles. The number of thioether (sulfide) groups is 1. The van der Waals surface area contributed by atoms with E-state index in [1.165, 1.54) is 11.8 Å². The fourth-order valence-corrected chi connectivity index (χ4v) is 3.37. The number of carbonyl (C=O) groups excluding carboxylic acids is 1. The predicted molar refractivity (Wildman–Crippen MR) is 91.2 cm³/mol. The van der Waals surface area contributed by atoms with Crippen LogP contribution in [0.1, 0.15) is 10.4 Å². The summed E-state index contributed by atoms with van der Waals surface area (Å²) in [5, 5.41) is 10.3. The molecule has 3 rings (SSSR count). The lowest BCUT2D eigenvalue weighted by atomic mass is 10.1. The summed E-state index contributed by atoms with van der Waals surface area (Å²) in [5.41, 5.74) is 0.524. The molecule has 0 saturated heterocycles. The number of ketones is 1. The summed E-state index contributed by atoms with van der Waals surface area (Å²) in [4.78, 5) is 17.5. The third-order valence-corrected chi connectivity index (χ3v) is 5.26. The first-order valence-electron chi connectivity index (χ1n) is 6.21. The summed E-state index contributed by atoms with van der Waals surface area (Å²) in [5.74, 6) is 0.894. The van der Waals surface area contributed by atoms with Crippen molar-refractivity contribution >= 4 is 52.1 Å². The van der Waals surface area contributed by atoms with Crippen molar-refractivity contribution in [2.75, 3.05) is 5.75 Å². The Labute approximate surface area is 144 Å². The number of aromatic amines is 1. The highest BCUT2D eigenvalue weighted by Gasteiger charge is 2.12. The zero-order valence-electron chi connectivity index (χ0n) is 11.0. The molecule has 0 saturated carbocycles. The molecule has 0 radical (unpaired) electrons. The molecular weight excluding hydrogens is 361 g/mol. The highest BCUT2D eigenvalue weighted by Crippen LogP contribution is 2.25. The minimum atomic E-state index is -0.0500. The van der Waals surface area contributed by atoms with Crippen molar-refractivity contribution < 1.29 is 4.79 Å². The highest BCUT2D eigenvalue weighted by molar-refractivity contribution is 7.99. The van der Waals surface area contributed by atoms with Gasteiger partial charge in [0.05, 0.1) is 20.7 Å². The molecular formula is C14H9Cl2N3OS2. The van der Waals surface area contributed by atoms with Gasteiger partial charge in [0.15, 0.2) is 11.6 Å². The topological polar surface area (TPSA) is 58.6 Å². The molecule has 8 heteroatoms. The molecule has 112 valence electrons. The number of H-pyrrole nitrogens is 1. The molecule has 0 unspecified atom stereocenters. The van der Waals surface area contributed by atoms with Crippen molar-refractivity contribution in [2.24, 2.45) is 0 Å². The van der Waals surface area contributed by atoms with Gasteiger partial charge in [0.1, 0.15) is 0 Å². The van der Waals surface area contributed by atoms with E-state index >= 15 is 0 Å². The number of hydrogen-bond acceptors (Lipinski definition) is 5. The molecule has 1 N–H and O–H groups in total. The lowest BCUT2D eigenvalue weighted by molar-refractivity contribution is 0.102. The third kappa shape index (κ3) is 3.52. The van der Waals surface area contributed by atoms with Crippen LogP contribution in [0.25, 0.3) is 10.7 Å². The van der Waals surface area contributed by atoms with Gasteiger partial charge in [0, 0.05) is 5.56 Å². The fourth-order valence-electron chi connectivity index (χ4n) is 1.72. The van der Waals surface area contributed by atoms with Crippen molar-refractivity contribution in [2.45, 2.75) is 5.16 Å². The van der Waals surface area contributed by atoms with Crippen LogP contribution in [0.15, 0.2) is 40.9 Å². The first kappa shape index (κ1) is 15.6. The lowest BCUT2D eigenvalue weighted by Gasteiger charge is -2.01. The van der Waals surface area contributed by atoms with E-state index in [1.807, 2.05) is 17.5 Å². The molecule has 0 atom stereocenters. The Morgan fingerprint density at radius 2 is 2.14 bits per heavy atom. The van der Waals surface area contributed by atoms with Gasteiger partial charge >= 0.3 is 0 Å². The summed E-state index contributed by atoms with van der Waals surface area (Å²) in [6.07, 6.45) is 0. The Morgan fingerprint density at radius 1 is 1.27 bits per heavy atom. The van der Waals surface area contributed by atoms with E-state index in [9.17, 15) is 4.79 Å². The van der Waals surface area contributed by atoms with Gasteiger partial charge in [-0.2, -0.15) is 0 Å². The number of thiophene rings is 1. The van der Waals surface area contributed by atoms with Gasteiger partial charge < -0.3 is 0 Å². The van der Waals surface area contributed by atoms with Gasteiger partial charge in [-0.15, -0.1) is 16.4 Å². The average molecular weight is 370 g/mol. The largest absolute Gasteiger partial charge is 0.293 e. The van der Waals surface area contributed by atoms with Crippen LogP contribution < -0.4 is 0 Å². The minimum Gasteiger partial charge on any atom is -0.293 e. The van der Waals surface area contributed by atoms with Crippen molar-refractivity contribution in [3.05, 3.63) is 51.3 Å². The molecule has 22 heavy (non-hydrogen) atoms. The number of carbonyl (C=O) groups is 1. The molecule has 0 spiro atoms. The zero-order valence-corrected chi connectivity index (χ0v) is 14.2. The summed E-state index contributed by atoms with van der Waals surface area (Å²) in [7, 11) is 0. The van der Waals surface area contributed by atoms with E-state index in [1.54, 1.807) is 29.5 Å². The Bertz CT molecular complexity index is 802. The lowest BCUT2D eigenvalue weighted by Crippen LogP contribution is -2.02. The highest BCUT2D eigenvalue weighted by atomic mass is 35.5. The van der Waals surface area contributed by atoms with Crippen LogP contribution in [0, 0.1) is 0 Å². The molecule has 0 amide bonds. The van der Waals surface area contributed by atoms with Crippen molar-refractivity contribution in [3.8, 4) is 10.7 Å². The maximum atomic E-state index is 12.1. The maximum Gasteiger partial charge on any atom is 0.209 e. The number of aromatic nitrogens is 3. The molecule has 0 aliphatic carbocycles. The molecule has 0 bridgehead atoms. The number of nitrogens with zero attached hydrogens (tertiary/aromatic N) is 2. The summed E-state index contributed by atoms with van der Waals surface area (Å²) in [6.45, 7) is 0. The van der Waals surface area contributed by atoms with Crippen molar-refractivity contribution in [1.29, 1.82) is 0 Å². The Balaban J connectivity index is 1.65. The summed E-state index contributed by atoms with van der Waals surface area (Å²) >= 11 is 14.6. The van der Waals surface area contributed by atoms with Crippen LogP contribution in [0.4, 0.5) is 0 Å². The van der Waals surface area contributed by atoms with E-state index < -0.39 is 0 Å². The number of Topliss-reactive ketones (excluding diaryl/α,β-unsaturated/α-hetero) is 1. The van der Waals surface area contributed by atoms with Gasteiger partial charge in [0.2, 0.25) is 5.16 Å². The first-order chi connectivity index (χ1) is 10.6. The number of rotatable bonds is 5. The summed E-state index contributed by atoms with van der Waals surface area (Å²) < 4.78 is 0. The van der Waals surface area contributed by atoms with Crippen LogP contribution in [-0.2, 0) is 0 Å². The number of halogens is 2. The fraction of sp³-hybridized carbons (Fsp3) is 0.0714. The minimum absolute atomic E-state index is 0.0500. The predicted octanol–water partition coefficient (Wildman–Crippen LogP) is 4.82. The number of hydrogen-bond donors (Lipinski definition) is 1. The van der Waals surface area contributed by atoms with Crippen LogP contribution >= 0.6 is 46.3 Å². The number of nitrogens with one attached hydrogen (secondary N) is 1. The Morgan fingerprint density at radius 3 is 2.86 bits per heavy atom. The third-order valence-electron chi connectivity index (χ3n) is 2.79.